The molecule has 1 amide bonds. The molecule has 1 aliphatic heterocycles. The van der Waals surface area contributed by atoms with Gasteiger partial charge >= 0.3 is 12.4 Å². The van der Waals surface area contributed by atoms with E-state index in [1.165, 1.54) is 24.1 Å². The zero-order valence-corrected chi connectivity index (χ0v) is 27.1. The Balaban J connectivity index is 1.37. The maximum atomic E-state index is 15.3. The van der Waals surface area contributed by atoms with Crippen LogP contribution < -0.4 is 15.8 Å². The van der Waals surface area contributed by atoms with E-state index in [4.69, 9.17) is 4.74 Å². The van der Waals surface area contributed by atoms with Crippen LogP contribution in [-0.2, 0) is 30.4 Å². The highest BCUT2D eigenvalue weighted by molar-refractivity contribution is 6.76. The number of ether oxygens (including phenoxy) is 1. The van der Waals surface area contributed by atoms with Crippen molar-refractivity contribution in [1.29, 1.82) is 0 Å². The molecule has 258 valence electrons. The lowest BCUT2D eigenvalue weighted by Crippen LogP contribution is -2.49. The molecule has 3 aromatic heterocycles. The maximum absolute atomic E-state index is 15.3. The van der Waals surface area contributed by atoms with Gasteiger partial charge < -0.3 is 24.4 Å². The molecule has 19 heteroatoms. The summed E-state index contributed by atoms with van der Waals surface area (Å²) in [6.45, 7) is 8.08. The minimum absolute atomic E-state index is 0.0657. The molecule has 0 aromatic carbocycles. The first-order valence-electron chi connectivity index (χ1n) is 14.6. The summed E-state index contributed by atoms with van der Waals surface area (Å²) in [4.78, 5) is 36.3. The summed E-state index contributed by atoms with van der Waals surface area (Å²) in [7, 11) is -1.45. The van der Waals surface area contributed by atoms with Crippen LogP contribution in [-0.4, -0.2) is 82.0 Å². The second-order valence-electron chi connectivity index (χ2n) is 12.4. The molecule has 0 spiro atoms. The van der Waals surface area contributed by atoms with Gasteiger partial charge in [-0.05, 0) is 19.0 Å². The van der Waals surface area contributed by atoms with Gasteiger partial charge in [0, 0.05) is 72.0 Å². The number of aromatic nitrogens is 5. The number of carbonyl (C=O) groups is 1. The van der Waals surface area contributed by atoms with Crippen molar-refractivity contribution in [1.82, 2.24) is 29.2 Å². The molecule has 1 aliphatic rings. The second-order valence-corrected chi connectivity index (χ2v) is 18.0. The average molecular weight is 693 g/mol. The van der Waals surface area contributed by atoms with Crippen molar-refractivity contribution in [3.05, 3.63) is 63.8 Å². The van der Waals surface area contributed by atoms with Crippen LogP contribution in [0.4, 0.5) is 42.4 Å². The molecule has 11 nitrogen and oxygen atoms in total. The fourth-order valence-electron chi connectivity index (χ4n) is 4.76. The molecule has 47 heavy (non-hydrogen) atoms. The normalized spacial score (nSPS) is 15.2. The van der Waals surface area contributed by atoms with Crippen molar-refractivity contribution in [3.8, 4) is 0 Å². The standard InChI is InChI=1S/C28H35F7N8O3Si/c1-18(39-21-15-38-43(17-46-11-12-47(2,3)4)25(45)22(21)28(33,34)35)16-42-6-5-20(23(42)29)24(44)40-7-9-41(10-8-40)26-36-13-19(14-37-26)27(30,31)32/h5-6,13-15,18,39H,7-12,16-17H2,1-4H3/t18-/m0/s1. The van der Waals surface area contributed by atoms with Gasteiger partial charge in [0.1, 0.15) is 12.3 Å². The van der Waals surface area contributed by atoms with Crippen molar-refractivity contribution in [2.45, 2.75) is 64.3 Å². The number of hydrogen-bond acceptors (Lipinski definition) is 8. The van der Waals surface area contributed by atoms with E-state index < -0.39 is 67.4 Å². The highest BCUT2D eigenvalue weighted by Crippen LogP contribution is 2.32. The SMILES string of the molecule is C[C@@H](Cn1ccc(C(=O)N2CCN(c3ncc(C(F)(F)F)cn3)CC2)c1F)Nc1cnn(COCC[Si](C)(C)C)c(=O)c1C(F)(F)F. The topological polar surface area (TPSA) is 110 Å². The number of nitrogens with zero attached hydrogens (tertiary/aromatic N) is 7. The van der Waals surface area contributed by atoms with Crippen LogP contribution in [0.25, 0.3) is 0 Å². The molecule has 0 radical (unpaired) electrons. The number of rotatable bonds is 11. The minimum atomic E-state index is -5.01. The molecule has 0 unspecified atom stereocenters. The van der Waals surface area contributed by atoms with Crippen molar-refractivity contribution in [2.24, 2.45) is 0 Å². The highest BCUT2D eigenvalue weighted by Gasteiger charge is 2.39. The van der Waals surface area contributed by atoms with E-state index in [1.54, 1.807) is 4.90 Å². The largest absolute Gasteiger partial charge is 0.423 e. The van der Waals surface area contributed by atoms with E-state index in [9.17, 15) is 35.9 Å². The fraction of sp³-hybridized carbons (Fsp3) is 0.536. The number of hydrogen-bond donors (Lipinski definition) is 1. The lowest BCUT2D eigenvalue weighted by atomic mass is 10.2. The predicted octanol–water partition coefficient (Wildman–Crippen LogP) is 4.79. The van der Waals surface area contributed by atoms with E-state index in [2.05, 4.69) is 40.0 Å². The van der Waals surface area contributed by atoms with Crippen molar-refractivity contribution in [2.75, 3.05) is 43.0 Å². The molecule has 1 atom stereocenters. The van der Waals surface area contributed by atoms with E-state index >= 15 is 4.39 Å². The monoisotopic (exact) mass is 692 g/mol. The van der Waals surface area contributed by atoms with Crippen molar-refractivity contribution < 1.29 is 40.3 Å². The Morgan fingerprint density at radius 3 is 2.23 bits per heavy atom. The van der Waals surface area contributed by atoms with Crippen LogP contribution in [0.3, 0.4) is 0 Å². The molecule has 0 saturated carbocycles. The number of amides is 1. The Morgan fingerprint density at radius 2 is 1.66 bits per heavy atom. The van der Waals surface area contributed by atoms with Gasteiger partial charge in [-0.15, -0.1) is 0 Å². The molecular formula is C28H35F7N8O3Si. The average Bonchev–Trinajstić information content (AvgIpc) is 3.33. The molecule has 1 N–H and O–H groups in total. The van der Waals surface area contributed by atoms with Crippen LogP contribution in [0.1, 0.15) is 28.4 Å². The Morgan fingerprint density at radius 1 is 1.02 bits per heavy atom. The van der Waals surface area contributed by atoms with Gasteiger partial charge in [-0.3, -0.25) is 9.59 Å². The van der Waals surface area contributed by atoms with Crippen LogP contribution in [0.15, 0.2) is 35.6 Å². The first kappa shape index (κ1) is 35.8. The summed E-state index contributed by atoms with van der Waals surface area (Å²) >= 11 is 0. The molecule has 4 rings (SSSR count). The zero-order chi connectivity index (χ0) is 34.7. The number of nitrogens with one attached hydrogen (secondary N) is 1. The van der Waals surface area contributed by atoms with Gasteiger partial charge in [-0.1, -0.05) is 19.6 Å². The van der Waals surface area contributed by atoms with Crippen LogP contribution in [0.5, 0.6) is 0 Å². The molecule has 4 heterocycles. The number of halogens is 7. The number of carbonyl (C=O) groups excluding carboxylic acids is 1. The van der Waals surface area contributed by atoms with Gasteiger partial charge in [-0.25, -0.2) is 14.6 Å². The summed E-state index contributed by atoms with van der Waals surface area (Å²) in [6, 6.07) is 1.17. The van der Waals surface area contributed by atoms with E-state index in [0.717, 1.165) is 16.8 Å². The van der Waals surface area contributed by atoms with Gasteiger partial charge in [0.15, 0.2) is 0 Å². The summed E-state index contributed by atoms with van der Waals surface area (Å²) in [5.74, 6) is -1.47. The summed E-state index contributed by atoms with van der Waals surface area (Å²) in [5.41, 5.74) is -4.67. The number of anilines is 2. The zero-order valence-electron chi connectivity index (χ0n) is 26.1. The molecule has 1 saturated heterocycles. The third-order valence-electron chi connectivity index (χ3n) is 7.35. The van der Waals surface area contributed by atoms with Gasteiger partial charge in [0.2, 0.25) is 11.9 Å². The minimum Gasteiger partial charge on any atom is -0.379 e. The fourth-order valence-corrected chi connectivity index (χ4v) is 5.52. The third kappa shape index (κ3) is 9.08. The van der Waals surface area contributed by atoms with E-state index in [0.29, 0.717) is 17.1 Å². The van der Waals surface area contributed by atoms with E-state index in [-0.39, 0.29) is 50.8 Å². The number of piperazine rings is 1. The first-order valence-corrected chi connectivity index (χ1v) is 18.4. The lowest BCUT2D eigenvalue weighted by molar-refractivity contribution is -0.139. The van der Waals surface area contributed by atoms with Gasteiger partial charge in [0.25, 0.3) is 11.5 Å². The maximum Gasteiger partial charge on any atom is 0.423 e. The molecule has 3 aromatic rings. The van der Waals surface area contributed by atoms with Gasteiger partial charge in [-0.2, -0.15) is 35.8 Å². The Hall–Kier alpha value is -4.00. The molecule has 0 bridgehead atoms. The quantitative estimate of drug-likeness (QED) is 0.174. The van der Waals surface area contributed by atoms with Crippen LogP contribution in [0, 0.1) is 5.95 Å². The lowest BCUT2D eigenvalue weighted by Gasteiger charge is -2.34. The van der Waals surface area contributed by atoms with Crippen molar-refractivity contribution in [3.63, 3.8) is 0 Å². The Kier molecular flexibility index (Phi) is 10.7. The summed E-state index contributed by atoms with van der Waals surface area (Å²) < 4.78 is 103. The van der Waals surface area contributed by atoms with E-state index in [1.807, 2.05) is 0 Å². The van der Waals surface area contributed by atoms with Gasteiger partial charge in [0.05, 0.1) is 23.0 Å². The van der Waals surface area contributed by atoms with Crippen LogP contribution >= 0.6 is 0 Å². The third-order valence-corrected chi connectivity index (χ3v) is 9.06. The molecule has 0 aliphatic carbocycles. The van der Waals surface area contributed by atoms with Crippen LogP contribution in [0.2, 0.25) is 25.7 Å². The number of alkyl halides is 6. The Labute approximate surface area is 266 Å². The summed E-state index contributed by atoms with van der Waals surface area (Å²) in [6.07, 6.45) is -6.08. The predicted molar refractivity (Wildman–Crippen MR) is 160 cm³/mol. The Bertz CT molecular complexity index is 1600. The summed E-state index contributed by atoms with van der Waals surface area (Å²) in [5, 5.41) is 6.41. The smallest absolute Gasteiger partial charge is 0.379 e. The first-order chi connectivity index (χ1) is 21.8. The van der Waals surface area contributed by atoms with Crippen molar-refractivity contribution >= 4 is 25.6 Å². The second kappa shape index (κ2) is 14.0. The molecule has 1 fully saturated rings. The highest BCUT2D eigenvalue weighted by atomic mass is 28.3. The molecular weight excluding hydrogens is 657 g/mol.